The molecular formula is C36H30FN3O4S2. The Labute approximate surface area is 274 Å². The number of aliphatic hydroxyl groups is 1. The number of hydrogen-bond acceptors (Lipinski definition) is 8. The molecule has 1 aliphatic rings. The molecule has 1 unspecified atom stereocenters. The van der Waals surface area contributed by atoms with Crippen molar-refractivity contribution in [3.05, 3.63) is 142 Å². The minimum atomic E-state index is -0.930. The van der Waals surface area contributed by atoms with Crippen molar-refractivity contribution in [2.75, 3.05) is 4.90 Å². The number of rotatable bonds is 10. The predicted octanol–water partition coefficient (Wildman–Crippen LogP) is 8.05. The average Bonchev–Trinajstić information content (AvgIpc) is 3.65. The molecule has 0 aliphatic carbocycles. The third-order valence-corrected chi connectivity index (χ3v) is 9.78. The van der Waals surface area contributed by atoms with Crippen LogP contribution >= 0.6 is 23.1 Å². The molecule has 2 heterocycles. The van der Waals surface area contributed by atoms with Gasteiger partial charge in [-0.25, -0.2) is 4.39 Å². The van der Waals surface area contributed by atoms with Crippen LogP contribution < -0.4 is 9.64 Å². The molecular weight excluding hydrogens is 622 g/mol. The second kappa shape index (κ2) is 13.7. The SMILES string of the molecule is CCc1ccc(C2C(=C(O)c3ccc(OCc4cccc(C)c4)cc3)C(=O)C(=O)N2c2nnc(SCc3ccccc3F)s2)cc1. The molecule has 1 fully saturated rings. The van der Waals surface area contributed by atoms with Gasteiger partial charge in [0.1, 0.15) is 23.9 Å². The highest BCUT2D eigenvalue weighted by molar-refractivity contribution is 8.00. The number of halogens is 1. The van der Waals surface area contributed by atoms with Crippen LogP contribution in [-0.4, -0.2) is 27.0 Å². The standard InChI is InChI=1S/C36H30FN3O4S2/c1-3-23-11-13-25(14-12-23)31-30(32(41)26-15-17-28(18-16-26)44-20-24-8-6-7-22(2)19-24)33(42)34(43)40(31)35-38-39-36(46-35)45-21-27-9-4-5-10-29(27)37/h4-19,31,41H,3,20-21H2,1-2H3. The van der Waals surface area contributed by atoms with E-state index in [0.717, 1.165) is 34.4 Å². The van der Waals surface area contributed by atoms with E-state index in [9.17, 15) is 19.1 Å². The molecule has 10 heteroatoms. The molecule has 1 atom stereocenters. The summed E-state index contributed by atoms with van der Waals surface area (Å²) in [4.78, 5) is 28.5. The number of aryl methyl sites for hydroxylation is 2. The van der Waals surface area contributed by atoms with Crippen LogP contribution in [0.3, 0.4) is 0 Å². The summed E-state index contributed by atoms with van der Waals surface area (Å²) in [5, 5.41) is 20.2. The molecule has 4 aromatic carbocycles. The molecule has 1 saturated heterocycles. The van der Waals surface area contributed by atoms with Crippen LogP contribution in [-0.2, 0) is 28.4 Å². The van der Waals surface area contributed by atoms with Gasteiger partial charge in [0.2, 0.25) is 5.13 Å². The van der Waals surface area contributed by atoms with E-state index in [2.05, 4.69) is 16.3 Å². The number of ketones is 1. The molecule has 1 aliphatic heterocycles. The van der Waals surface area contributed by atoms with Crippen LogP contribution in [0.2, 0.25) is 0 Å². The number of thioether (sulfide) groups is 1. The summed E-state index contributed by atoms with van der Waals surface area (Å²) >= 11 is 2.42. The first-order valence-corrected chi connectivity index (χ1v) is 16.5. The number of aliphatic hydroxyl groups excluding tert-OH is 1. The highest BCUT2D eigenvalue weighted by atomic mass is 32.2. The van der Waals surface area contributed by atoms with E-state index in [0.29, 0.717) is 39.1 Å². The Bertz CT molecular complexity index is 1920. The van der Waals surface area contributed by atoms with Crippen LogP contribution in [0.15, 0.2) is 107 Å². The van der Waals surface area contributed by atoms with E-state index in [-0.39, 0.29) is 22.3 Å². The van der Waals surface area contributed by atoms with Crippen molar-refractivity contribution < 1.29 is 23.8 Å². The third-order valence-electron chi connectivity index (χ3n) is 7.67. The number of aromatic nitrogens is 2. The minimum Gasteiger partial charge on any atom is -0.507 e. The topological polar surface area (TPSA) is 92.6 Å². The Kier molecular flexibility index (Phi) is 9.28. The monoisotopic (exact) mass is 651 g/mol. The lowest BCUT2D eigenvalue weighted by atomic mass is 9.94. The normalized spacial score (nSPS) is 15.8. The molecule has 232 valence electrons. The van der Waals surface area contributed by atoms with E-state index in [1.807, 2.05) is 56.3 Å². The molecule has 1 amide bonds. The maximum atomic E-state index is 14.2. The fourth-order valence-corrected chi connectivity index (χ4v) is 7.08. The zero-order valence-corrected chi connectivity index (χ0v) is 26.8. The van der Waals surface area contributed by atoms with Crippen LogP contribution in [0.5, 0.6) is 5.75 Å². The van der Waals surface area contributed by atoms with Crippen LogP contribution in [0.4, 0.5) is 9.52 Å². The van der Waals surface area contributed by atoms with Gasteiger partial charge in [-0.2, -0.15) is 0 Å². The highest BCUT2D eigenvalue weighted by Gasteiger charge is 2.48. The minimum absolute atomic E-state index is 0.0431. The second-order valence-corrected chi connectivity index (χ2v) is 13.0. The van der Waals surface area contributed by atoms with Gasteiger partial charge < -0.3 is 9.84 Å². The molecule has 0 radical (unpaired) electrons. The van der Waals surface area contributed by atoms with Crippen LogP contribution in [0.25, 0.3) is 5.76 Å². The smallest absolute Gasteiger partial charge is 0.301 e. The van der Waals surface area contributed by atoms with Crippen molar-refractivity contribution in [2.45, 2.75) is 43.0 Å². The fourth-order valence-electron chi connectivity index (χ4n) is 5.23. The Hall–Kier alpha value is -4.80. The lowest BCUT2D eigenvalue weighted by Gasteiger charge is -2.22. The van der Waals surface area contributed by atoms with Gasteiger partial charge in [-0.15, -0.1) is 10.2 Å². The predicted molar refractivity (Wildman–Crippen MR) is 178 cm³/mol. The number of carbonyl (C=O) groups excluding carboxylic acids is 2. The summed E-state index contributed by atoms with van der Waals surface area (Å²) in [6, 6.07) is 27.9. The number of amides is 1. The zero-order chi connectivity index (χ0) is 32.2. The number of carbonyl (C=O) groups is 2. The highest BCUT2D eigenvalue weighted by Crippen LogP contribution is 2.44. The van der Waals surface area contributed by atoms with Gasteiger partial charge in [0.15, 0.2) is 4.34 Å². The Morgan fingerprint density at radius 1 is 0.957 bits per heavy atom. The van der Waals surface area contributed by atoms with E-state index in [1.54, 1.807) is 42.5 Å². The first-order valence-electron chi connectivity index (χ1n) is 14.7. The quantitative estimate of drug-likeness (QED) is 0.0537. The van der Waals surface area contributed by atoms with Crippen molar-refractivity contribution in [1.29, 1.82) is 0 Å². The Morgan fingerprint density at radius 3 is 2.43 bits per heavy atom. The van der Waals surface area contributed by atoms with Crippen molar-refractivity contribution in [3.8, 4) is 5.75 Å². The zero-order valence-electron chi connectivity index (χ0n) is 25.1. The second-order valence-electron chi connectivity index (χ2n) is 10.8. The molecule has 7 nitrogen and oxygen atoms in total. The Morgan fingerprint density at radius 2 is 1.72 bits per heavy atom. The van der Waals surface area contributed by atoms with Gasteiger partial charge >= 0.3 is 5.91 Å². The van der Waals surface area contributed by atoms with Crippen LogP contribution in [0, 0.1) is 12.7 Å². The summed E-state index contributed by atoms with van der Waals surface area (Å²) in [5.41, 5.74) is 4.76. The van der Waals surface area contributed by atoms with Gasteiger partial charge in [0.25, 0.3) is 5.78 Å². The van der Waals surface area contributed by atoms with Crippen LogP contribution in [0.1, 0.15) is 46.3 Å². The number of benzene rings is 4. The van der Waals surface area contributed by atoms with Gasteiger partial charge in [-0.05, 0) is 65.9 Å². The van der Waals surface area contributed by atoms with Crippen molar-refractivity contribution in [2.24, 2.45) is 0 Å². The summed E-state index contributed by atoms with van der Waals surface area (Å²) in [6.45, 7) is 4.44. The first-order chi connectivity index (χ1) is 22.3. The van der Waals surface area contributed by atoms with E-state index >= 15 is 0 Å². The summed E-state index contributed by atoms with van der Waals surface area (Å²) < 4.78 is 20.6. The molecule has 0 bridgehead atoms. The molecule has 5 aromatic rings. The van der Waals surface area contributed by atoms with Gasteiger partial charge in [-0.1, -0.05) is 102 Å². The third kappa shape index (κ3) is 6.59. The van der Waals surface area contributed by atoms with Crippen molar-refractivity contribution >= 4 is 45.7 Å². The number of ether oxygens (including phenoxy) is 1. The van der Waals surface area contributed by atoms with E-state index in [1.165, 1.54) is 22.7 Å². The molecule has 0 spiro atoms. The summed E-state index contributed by atoms with van der Waals surface area (Å²) in [7, 11) is 0. The number of Topliss-reactive ketones (excluding diaryl/α,β-unsaturated/α-hetero) is 1. The lowest BCUT2D eigenvalue weighted by Crippen LogP contribution is -2.29. The number of anilines is 1. The average molecular weight is 652 g/mol. The van der Waals surface area contributed by atoms with Crippen molar-refractivity contribution in [1.82, 2.24) is 10.2 Å². The number of nitrogens with zero attached hydrogens (tertiary/aromatic N) is 3. The molecule has 6 rings (SSSR count). The first kappa shape index (κ1) is 31.2. The Balaban J connectivity index is 1.30. The van der Waals surface area contributed by atoms with Crippen molar-refractivity contribution in [3.63, 3.8) is 0 Å². The maximum Gasteiger partial charge on any atom is 0.301 e. The summed E-state index contributed by atoms with van der Waals surface area (Å²) in [6.07, 6.45) is 0.817. The molecule has 1 aromatic heterocycles. The van der Waals surface area contributed by atoms with Gasteiger partial charge in [0, 0.05) is 11.3 Å². The van der Waals surface area contributed by atoms with E-state index < -0.39 is 17.7 Å². The summed E-state index contributed by atoms with van der Waals surface area (Å²) in [5.74, 6) is -1.32. The van der Waals surface area contributed by atoms with Gasteiger partial charge in [-0.3, -0.25) is 14.5 Å². The molecule has 1 N–H and O–H groups in total. The number of hydrogen-bond donors (Lipinski definition) is 1. The molecule has 0 saturated carbocycles. The fraction of sp³-hybridized carbons (Fsp3) is 0.167. The lowest BCUT2D eigenvalue weighted by molar-refractivity contribution is -0.132. The maximum absolute atomic E-state index is 14.2. The van der Waals surface area contributed by atoms with Gasteiger partial charge in [0.05, 0.1) is 11.6 Å². The van der Waals surface area contributed by atoms with E-state index in [4.69, 9.17) is 4.74 Å². The molecule has 46 heavy (non-hydrogen) atoms. The largest absolute Gasteiger partial charge is 0.507 e.